The number of hydrogen-bond acceptors (Lipinski definition) is 6. The maximum atomic E-state index is 13.2. The number of halogens is 1. The number of sulfonamides is 1. The molecular weight excluding hydrogens is 433 g/mol. The van der Waals surface area contributed by atoms with Crippen molar-refractivity contribution in [3.63, 3.8) is 0 Å². The summed E-state index contributed by atoms with van der Waals surface area (Å²) >= 11 is 2.86. The smallest absolute Gasteiger partial charge is 0.243 e. The molecule has 1 aliphatic rings. The Morgan fingerprint density at radius 3 is 2.69 bits per heavy atom. The van der Waals surface area contributed by atoms with E-state index in [2.05, 4.69) is 10.3 Å². The summed E-state index contributed by atoms with van der Waals surface area (Å²) in [6.45, 7) is 2.15. The van der Waals surface area contributed by atoms with Crippen LogP contribution in [0.4, 0.5) is 9.39 Å². The molecule has 29 heavy (non-hydrogen) atoms. The van der Waals surface area contributed by atoms with Crippen LogP contribution in [0.15, 0.2) is 46.0 Å². The van der Waals surface area contributed by atoms with E-state index in [0.29, 0.717) is 17.8 Å². The summed E-state index contributed by atoms with van der Waals surface area (Å²) in [5.74, 6) is -0.882. The van der Waals surface area contributed by atoms with Crippen LogP contribution in [0.5, 0.6) is 0 Å². The van der Waals surface area contributed by atoms with Crippen molar-refractivity contribution in [2.24, 2.45) is 0 Å². The molecule has 152 valence electrons. The molecule has 10 heteroatoms. The molecule has 1 aromatic carbocycles. The topological polar surface area (TPSA) is 79.4 Å². The first kappa shape index (κ1) is 20.1. The molecule has 4 rings (SSSR count). The zero-order valence-corrected chi connectivity index (χ0v) is 17.9. The van der Waals surface area contributed by atoms with Crippen LogP contribution in [-0.2, 0) is 14.8 Å². The number of hydrogen-bond donors (Lipinski definition) is 1. The molecule has 1 unspecified atom stereocenters. The molecule has 0 radical (unpaired) electrons. The van der Waals surface area contributed by atoms with Gasteiger partial charge in [-0.3, -0.25) is 4.79 Å². The van der Waals surface area contributed by atoms with Gasteiger partial charge in [-0.15, -0.1) is 22.7 Å². The number of carbonyl (C=O) groups is 1. The molecule has 1 amide bonds. The zero-order valence-electron chi connectivity index (χ0n) is 15.5. The number of amides is 1. The molecule has 1 fully saturated rings. The molecule has 0 bridgehead atoms. The number of anilines is 1. The lowest BCUT2D eigenvalue weighted by atomic mass is 10.2. The summed E-state index contributed by atoms with van der Waals surface area (Å²) in [5.41, 5.74) is 1.73. The predicted molar refractivity (Wildman–Crippen MR) is 112 cm³/mol. The first-order valence-electron chi connectivity index (χ1n) is 8.94. The molecule has 2 aromatic heterocycles. The van der Waals surface area contributed by atoms with Gasteiger partial charge in [0.05, 0.1) is 4.90 Å². The minimum absolute atomic E-state index is 0.0197. The highest BCUT2D eigenvalue weighted by molar-refractivity contribution is 7.89. The highest BCUT2D eigenvalue weighted by Gasteiger charge is 2.39. The summed E-state index contributed by atoms with van der Waals surface area (Å²) in [7, 11) is -3.89. The fraction of sp³-hybridized carbons (Fsp3) is 0.263. The molecule has 1 atom stereocenters. The van der Waals surface area contributed by atoms with Crippen LogP contribution in [0.3, 0.4) is 0 Å². The molecule has 1 aliphatic heterocycles. The zero-order chi connectivity index (χ0) is 20.6. The van der Waals surface area contributed by atoms with Gasteiger partial charge in [-0.2, -0.15) is 4.31 Å². The SMILES string of the molecule is Cc1csc(-c2ccsc2NC(=O)C2CCCN2S(=O)(=O)c2ccc(F)cc2)n1. The van der Waals surface area contributed by atoms with Crippen molar-refractivity contribution < 1.29 is 17.6 Å². The van der Waals surface area contributed by atoms with Gasteiger partial charge in [0.15, 0.2) is 0 Å². The van der Waals surface area contributed by atoms with Crippen molar-refractivity contribution in [2.75, 3.05) is 11.9 Å². The van der Waals surface area contributed by atoms with E-state index < -0.39 is 21.9 Å². The summed E-state index contributed by atoms with van der Waals surface area (Å²) in [6, 6.07) is 5.73. The van der Waals surface area contributed by atoms with Crippen molar-refractivity contribution in [3.8, 4) is 10.6 Å². The van der Waals surface area contributed by atoms with Crippen molar-refractivity contribution in [1.29, 1.82) is 0 Å². The first-order valence-corrected chi connectivity index (χ1v) is 12.1. The van der Waals surface area contributed by atoms with Crippen molar-refractivity contribution >= 4 is 43.6 Å². The van der Waals surface area contributed by atoms with Crippen LogP contribution in [0.1, 0.15) is 18.5 Å². The van der Waals surface area contributed by atoms with Gasteiger partial charge in [-0.05, 0) is 55.5 Å². The van der Waals surface area contributed by atoms with E-state index in [0.717, 1.165) is 28.4 Å². The molecule has 3 heterocycles. The van der Waals surface area contributed by atoms with E-state index in [9.17, 15) is 17.6 Å². The Hall–Kier alpha value is -2.14. The summed E-state index contributed by atoms with van der Waals surface area (Å²) in [6.07, 6.45) is 1.02. The maximum Gasteiger partial charge on any atom is 0.243 e. The van der Waals surface area contributed by atoms with Crippen molar-refractivity contribution in [3.05, 3.63) is 52.6 Å². The second kappa shape index (κ2) is 7.94. The third-order valence-corrected chi connectivity index (χ3v) is 8.42. The van der Waals surface area contributed by atoms with Crippen LogP contribution < -0.4 is 5.32 Å². The largest absolute Gasteiger partial charge is 0.316 e. The van der Waals surface area contributed by atoms with Gasteiger partial charge in [-0.25, -0.2) is 17.8 Å². The highest BCUT2D eigenvalue weighted by atomic mass is 32.2. The van der Waals surface area contributed by atoms with Crippen molar-refractivity contribution in [2.45, 2.75) is 30.7 Å². The average molecular weight is 452 g/mol. The highest BCUT2D eigenvalue weighted by Crippen LogP contribution is 2.36. The van der Waals surface area contributed by atoms with Crippen LogP contribution in [0.2, 0.25) is 0 Å². The molecule has 6 nitrogen and oxygen atoms in total. The molecule has 0 saturated carbocycles. The number of rotatable bonds is 5. The Morgan fingerprint density at radius 2 is 2.00 bits per heavy atom. The number of benzene rings is 1. The van der Waals surface area contributed by atoms with Gasteiger partial charge in [0.2, 0.25) is 15.9 Å². The second-order valence-corrected chi connectivity index (χ2v) is 10.3. The number of aromatic nitrogens is 1. The normalized spacial score (nSPS) is 17.5. The van der Waals surface area contributed by atoms with E-state index in [1.807, 2.05) is 23.8 Å². The van der Waals surface area contributed by atoms with E-state index in [1.54, 1.807) is 0 Å². The number of carbonyl (C=O) groups excluding carboxylic acids is 1. The lowest BCUT2D eigenvalue weighted by Crippen LogP contribution is -2.43. The number of thiophene rings is 1. The van der Waals surface area contributed by atoms with E-state index in [4.69, 9.17) is 0 Å². The molecular formula is C19H18FN3O3S3. The van der Waals surface area contributed by atoms with Gasteiger partial charge >= 0.3 is 0 Å². The first-order chi connectivity index (χ1) is 13.9. The van der Waals surface area contributed by atoms with E-state index >= 15 is 0 Å². The van der Waals surface area contributed by atoms with Gasteiger partial charge in [0.25, 0.3) is 0 Å². The Balaban J connectivity index is 1.56. The lowest BCUT2D eigenvalue weighted by Gasteiger charge is -2.23. The number of nitrogens with zero attached hydrogens (tertiary/aromatic N) is 2. The maximum absolute atomic E-state index is 13.2. The monoisotopic (exact) mass is 451 g/mol. The van der Waals surface area contributed by atoms with Crippen LogP contribution in [0.25, 0.3) is 10.6 Å². The molecule has 0 spiro atoms. The summed E-state index contributed by atoms with van der Waals surface area (Å²) < 4.78 is 40.3. The lowest BCUT2D eigenvalue weighted by molar-refractivity contribution is -0.119. The van der Waals surface area contributed by atoms with Gasteiger partial charge < -0.3 is 5.32 Å². The average Bonchev–Trinajstić information content (AvgIpc) is 3.42. The van der Waals surface area contributed by atoms with Crippen LogP contribution >= 0.6 is 22.7 Å². The summed E-state index contributed by atoms with van der Waals surface area (Å²) in [4.78, 5) is 17.4. The van der Waals surface area contributed by atoms with Crippen molar-refractivity contribution in [1.82, 2.24) is 9.29 Å². The van der Waals surface area contributed by atoms with Gasteiger partial charge in [0, 0.05) is 23.2 Å². The molecule has 1 N–H and O–H groups in total. The van der Waals surface area contributed by atoms with Gasteiger partial charge in [0.1, 0.15) is 21.9 Å². The van der Waals surface area contributed by atoms with Crippen LogP contribution in [0, 0.1) is 12.7 Å². The number of thiazole rings is 1. The molecule has 3 aromatic rings. The van der Waals surface area contributed by atoms with E-state index in [-0.39, 0.29) is 17.3 Å². The Kier molecular flexibility index (Phi) is 5.52. The number of aryl methyl sites for hydroxylation is 1. The second-order valence-electron chi connectivity index (χ2n) is 6.67. The molecule has 0 aliphatic carbocycles. The fourth-order valence-corrected chi connectivity index (χ4v) is 6.62. The Bertz CT molecular complexity index is 1140. The van der Waals surface area contributed by atoms with Crippen LogP contribution in [-0.4, -0.2) is 36.2 Å². The Labute approximate surface area is 176 Å². The minimum Gasteiger partial charge on any atom is -0.316 e. The van der Waals surface area contributed by atoms with E-state index in [1.165, 1.54) is 39.1 Å². The fourth-order valence-electron chi connectivity index (χ4n) is 3.28. The number of nitrogens with one attached hydrogen (secondary N) is 1. The minimum atomic E-state index is -3.89. The Morgan fingerprint density at radius 1 is 1.24 bits per heavy atom. The summed E-state index contributed by atoms with van der Waals surface area (Å²) in [5, 5.41) is 8.14. The third-order valence-electron chi connectivity index (χ3n) is 4.68. The third kappa shape index (κ3) is 3.97. The quantitative estimate of drug-likeness (QED) is 0.633. The van der Waals surface area contributed by atoms with Gasteiger partial charge in [-0.1, -0.05) is 0 Å². The predicted octanol–water partition coefficient (Wildman–Crippen LogP) is 4.11. The standard InChI is InChI=1S/C19H18FN3O3S3/c1-12-11-28-18(21-12)15-8-10-27-19(15)22-17(24)16-3-2-9-23(16)29(25,26)14-6-4-13(20)5-7-14/h4-8,10-11,16H,2-3,9H2,1H3,(H,22,24). The molecule has 1 saturated heterocycles.